The van der Waals surface area contributed by atoms with Gasteiger partial charge in [0.2, 0.25) is 0 Å². The Hall–Kier alpha value is -0.970. The van der Waals surface area contributed by atoms with Crippen LogP contribution in [0.5, 0.6) is 0 Å². The van der Waals surface area contributed by atoms with Gasteiger partial charge in [0, 0.05) is 26.3 Å². The van der Waals surface area contributed by atoms with Crippen molar-refractivity contribution in [2.75, 3.05) is 33.0 Å². The number of anilines is 1. The van der Waals surface area contributed by atoms with Gasteiger partial charge in [-0.3, -0.25) is 4.79 Å². The quantitative estimate of drug-likeness (QED) is 0.859. The zero-order valence-electron chi connectivity index (χ0n) is 9.67. The summed E-state index contributed by atoms with van der Waals surface area (Å²) < 4.78 is 4.90. The molecular weight excluding hydrogens is 263 g/mol. The number of nitrogen functional groups attached to an aromatic ring is 1. The molecule has 1 rings (SSSR count). The van der Waals surface area contributed by atoms with Crippen molar-refractivity contribution >= 4 is 34.8 Å². The number of methoxy groups -OCH3 is 1. The molecule has 1 aromatic rings. The van der Waals surface area contributed by atoms with E-state index in [1.807, 2.05) is 0 Å². The summed E-state index contributed by atoms with van der Waals surface area (Å²) in [5.74, 6) is -0.174. The minimum absolute atomic E-state index is 0.174. The molecule has 0 heterocycles. The third kappa shape index (κ3) is 3.49. The van der Waals surface area contributed by atoms with Crippen LogP contribution in [0.3, 0.4) is 0 Å². The zero-order chi connectivity index (χ0) is 13.0. The Balaban J connectivity index is 2.89. The summed E-state index contributed by atoms with van der Waals surface area (Å²) in [7, 11) is 3.26. The van der Waals surface area contributed by atoms with E-state index in [2.05, 4.69) is 0 Å². The summed E-state index contributed by atoms with van der Waals surface area (Å²) in [4.78, 5) is 13.5. The fraction of sp³-hybridized carbons (Fsp3) is 0.364. The average molecular weight is 277 g/mol. The summed E-state index contributed by atoms with van der Waals surface area (Å²) in [5, 5.41) is 0.540. The predicted molar refractivity (Wildman–Crippen MR) is 69.7 cm³/mol. The number of amides is 1. The topological polar surface area (TPSA) is 55.6 Å². The van der Waals surface area contributed by atoms with Crippen molar-refractivity contribution in [3.8, 4) is 0 Å². The Labute approximate surface area is 110 Å². The third-order valence-corrected chi connectivity index (χ3v) is 3.10. The van der Waals surface area contributed by atoms with Gasteiger partial charge in [0.15, 0.2) is 0 Å². The van der Waals surface area contributed by atoms with E-state index in [0.717, 1.165) is 0 Å². The van der Waals surface area contributed by atoms with E-state index in [1.54, 1.807) is 14.2 Å². The maximum absolute atomic E-state index is 12.0. The van der Waals surface area contributed by atoms with Gasteiger partial charge in [-0.15, -0.1) is 0 Å². The number of hydrogen-bond donors (Lipinski definition) is 1. The highest BCUT2D eigenvalue weighted by molar-refractivity contribution is 6.43. The van der Waals surface area contributed by atoms with E-state index in [-0.39, 0.29) is 16.0 Å². The minimum Gasteiger partial charge on any atom is -0.397 e. The fourth-order valence-electron chi connectivity index (χ4n) is 1.28. The normalized spacial score (nSPS) is 10.4. The molecule has 0 bridgehead atoms. The van der Waals surface area contributed by atoms with E-state index in [0.29, 0.717) is 24.4 Å². The van der Waals surface area contributed by atoms with Crippen molar-refractivity contribution in [2.45, 2.75) is 0 Å². The molecule has 17 heavy (non-hydrogen) atoms. The Morgan fingerprint density at radius 3 is 2.65 bits per heavy atom. The molecule has 1 amide bonds. The molecule has 4 nitrogen and oxygen atoms in total. The van der Waals surface area contributed by atoms with Crippen LogP contribution in [0.25, 0.3) is 0 Å². The number of likely N-dealkylation sites (N-methyl/N-ethyl adjacent to an activating group) is 1. The molecule has 2 N–H and O–H groups in total. The number of ether oxygens (including phenoxy) is 1. The van der Waals surface area contributed by atoms with Gasteiger partial charge in [-0.05, 0) is 12.1 Å². The Morgan fingerprint density at radius 1 is 1.47 bits per heavy atom. The summed E-state index contributed by atoms with van der Waals surface area (Å²) in [5.41, 5.74) is 6.35. The van der Waals surface area contributed by atoms with Gasteiger partial charge in [0.05, 0.1) is 22.3 Å². The lowest BCUT2D eigenvalue weighted by Gasteiger charge is -2.17. The number of benzene rings is 1. The number of rotatable bonds is 4. The lowest BCUT2D eigenvalue weighted by atomic mass is 10.2. The standard InChI is InChI=1S/C11H14Cl2N2O2/c1-15(3-4-17-2)11(16)7-5-8(12)10(13)9(14)6-7/h5-6H,3-4,14H2,1-2H3. The molecule has 0 spiro atoms. The summed E-state index contributed by atoms with van der Waals surface area (Å²) >= 11 is 11.7. The van der Waals surface area contributed by atoms with Gasteiger partial charge in [-0.2, -0.15) is 0 Å². The van der Waals surface area contributed by atoms with Crippen molar-refractivity contribution in [3.05, 3.63) is 27.7 Å². The van der Waals surface area contributed by atoms with Crippen LogP contribution in [0.4, 0.5) is 5.69 Å². The molecule has 6 heteroatoms. The number of nitrogens with zero attached hydrogens (tertiary/aromatic N) is 1. The van der Waals surface area contributed by atoms with Crippen molar-refractivity contribution < 1.29 is 9.53 Å². The van der Waals surface area contributed by atoms with Gasteiger partial charge in [-0.1, -0.05) is 23.2 Å². The molecule has 0 saturated heterocycles. The molecule has 0 aliphatic rings. The van der Waals surface area contributed by atoms with E-state index < -0.39 is 0 Å². The molecule has 0 atom stereocenters. The molecule has 0 unspecified atom stereocenters. The smallest absolute Gasteiger partial charge is 0.253 e. The maximum atomic E-state index is 12.0. The Kier molecular flexibility index (Phi) is 5.05. The van der Waals surface area contributed by atoms with Crippen LogP contribution in [-0.4, -0.2) is 38.1 Å². The number of nitrogens with two attached hydrogens (primary N) is 1. The number of carbonyl (C=O) groups excluding carboxylic acids is 1. The van der Waals surface area contributed by atoms with Crippen LogP contribution in [0.2, 0.25) is 10.0 Å². The largest absolute Gasteiger partial charge is 0.397 e. The van der Waals surface area contributed by atoms with Crippen molar-refractivity contribution in [1.29, 1.82) is 0 Å². The summed E-state index contributed by atoms with van der Waals surface area (Å²) in [6.07, 6.45) is 0. The Bertz CT molecular complexity index is 401. The van der Waals surface area contributed by atoms with E-state index in [4.69, 9.17) is 33.7 Å². The molecule has 0 aromatic heterocycles. The second-order valence-electron chi connectivity index (χ2n) is 3.58. The van der Waals surface area contributed by atoms with Crippen molar-refractivity contribution in [1.82, 2.24) is 4.90 Å². The number of halogens is 2. The van der Waals surface area contributed by atoms with Crippen LogP contribution in [0, 0.1) is 0 Å². The third-order valence-electron chi connectivity index (χ3n) is 2.28. The second-order valence-corrected chi connectivity index (χ2v) is 4.37. The molecule has 0 radical (unpaired) electrons. The number of hydrogen-bond acceptors (Lipinski definition) is 3. The maximum Gasteiger partial charge on any atom is 0.253 e. The molecular formula is C11H14Cl2N2O2. The van der Waals surface area contributed by atoms with Crippen LogP contribution in [-0.2, 0) is 4.74 Å². The molecule has 1 aromatic carbocycles. The van der Waals surface area contributed by atoms with Crippen LogP contribution >= 0.6 is 23.2 Å². The highest BCUT2D eigenvalue weighted by Crippen LogP contribution is 2.29. The average Bonchev–Trinajstić information content (AvgIpc) is 2.31. The first-order chi connectivity index (χ1) is 7.97. The van der Waals surface area contributed by atoms with Gasteiger partial charge < -0.3 is 15.4 Å². The summed E-state index contributed by atoms with van der Waals surface area (Å²) in [6.45, 7) is 0.967. The van der Waals surface area contributed by atoms with Gasteiger partial charge >= 0.3 is 0 Å². The van der Waals surface area contributed by atoms with Crippen molar-refractivity contribution in [2.24, 2.45) is 0 Å². The fourth-order valence-corrected chi connectivity index (χ4v) is 1.62. The highest BCUT2D eigenvalue weighted by Gasteiger charge is 2.14. The van der Waals surface area contributed by atoms with E-state index >= 15 is 0 Å². The van der Waals surface area contributed by atoms with E-state index in [9.17, 15) is 4.79 Å². The number of carbonyl (C=O) groups is 1. The van der Waals surface area contributed by atoms with Gasteiger partial charge in [0.25, 0.3) is 5.91 Å². The highest BCUT2D eigenvalue weighted by atomic mass is 35.5. The first kappa shape index (κ1) is 14.1. The van der Waals surface area contributed by atoms with Gasteiger partial charge in [0.1, 0.15) is 0 Å². The van der Waals surface area contributed by atoms with Gasteiger partial charge in [-0.25, -0.2) is 0 Å². The van der Waals surface area contributed by atoms with Crippen LogP contribution in [0.1, 0.15) is 10.4 Å². The van der Waals surface area contributed by atoms with E-state index in [1.165, 1.54) is 17.0 Å². The molecule has 0 saturated carbocycles. The SMILES string of the molecule is COCCN(C)C(=O)c1cc(N)c(Cl)c(Cl)c1. The second kappa shape index (κ2) is 6.10. The first-order valence-corrected chi connectivity index (χ1v) is 5.72. The zero-order valence-corrected chi connectivity index (χ0v) is 11.2. The summed E-state index contributed by atoms with van der Waals surface area (Å²) in [6, 6.07) is 3.02. The lowest BCUT2D eigenvalue weighted by Crippen LogP contribution is -2.30. The van der Waals surface area contributed by atoms with Crippen LogP contribution < -0.4 is 5.73 Å². The molecule has 0 fully saturated rings. The Morgan fingerprint density at radius 2 is 2.12 bits per heavy atom. The predicted octanol–water partition coefficient (Wildman–Crippen LogP) is 2.29. The molecule has 0 aliphatic heterocycles. The first-order valence-electron chi connectivity index (χ1n) is 4.96. The minimum atomic E-state index is -0.174. The lowest BCUT2D eigenvalue weighted by molar-refractivity contribution is 0.0744. The van der Waals surface area contributed by atoms with Crippen LogP contribution in [0.15, 0.2) is 12.1 Å². The molecule has 94 valence electrons. The van der Waals surface area contributed by atoms with Crippen molar-refractivity contribution in [3.63, 3.8) is 0 Å². The molecule has 0 aliphatic carbocycles. The monoisotopic (exact) mass is 276 g/mol.